The summed E-state index contributed by atoms with van der Waals surface area (Å²) in [6.07, 6.45) is 9.27. The van der Waals surface area contributed by atoms with Gasteiger partial charge in [0.25, 0.3) is 5.91 Å². The third-order valence-electron chi connectivity index (χ3n) is 5.76. The molecule has 0 radical (unpaired) electrons. The summed E-state index contributed by atoms with van der Waals surface area (Å²) in [5.41, 5.74) is 2.42. The van der Waals surface area contributed by atoms with Crippen LogP contribution in [-0.2, 0) is 0 Å². The molecule has 0 aliphatic carbocycles. The summed E-state index contributed by atoms with van der Waals surface area (Å²) in [5, 5.41) is 0. The summed E-state index contributed by atoms with van der Waals surface area (Å²) in [4.78, 5) is 30.8. The number of pyridine rings is 1. The molecule has 0 unspecified atom stereocenters. The zero-order chi connectivity index (χ0) is 18.4. The number of imidazole rings is 1. The van der Waals surface area contributed by atoms with Crippen molar-refractivity contribution in [3.63, 3.8) is 0 Å². The van der Waals surface area contributed by atoms with Gasteiger partial charge in [-0.05, 0) is 37.8 Å². The van der Waals surface area contributed by atoms with Crippen molar-refractivity contribution in [1.82, 2.24) is 24.3 Å². The number of amides is 1. The highest BCUT2D eigenvalue weighted by atomic mass is 16.2. The Balaban J connectivity index is 1.43. The van der Waals surface area contributed by atoms with Crippen LogP contribution >= 0.6 is 0 Å². The molecule has 0 aromatic carbocycles. The molecule has 3 aromatic heterocycles. The number of aromatic nitrogens is 4. The monoisotopic (exact) mass is 362 g/mol. The smallest absolute Gasteiger partial charge is 0.274 e. The molecule has 7 nitrogen and oxygen atoms in total. The van der Waals surface area contributed by atoms with E-state index in [1.165, 1.54) is 0 Å². The molecule has 3 aliphatic heterocycles. The Kier molecular flexibility index (Phi) is 3.81. The van der Waals surface area contributed by atoms with Crippen LogP contribution in [0.5, 0.6) is 0 Å². The van der Waals surface area contributed by atoms with Crippen molar-refractivity contribution in [1.29, 1.82) is 0 Å². The van der Waals surface area contributed by atoms with Crippen molar-refractivity contribution in [2.45, 2.75) is 25.8 Å². The van der Waals surface area contributed by atoms with Gasteiger partial charge in [0.15, 0.2) is 0 Å². The van der Waals surface area contributed by atoms with Gasteiger partial charge in [-0.25, -0.2) is 9.97 Å². The molecular weight excluding hydrogens is 340 g/mol. The molecule has 2 bridgehead atoms. The number of hydrogen-bond donors (Lipinski definition) is 0. The van der Waals surface area contributed by atoms with Crippen molar-refractivity contribution in [3.8, 4) is 0 Å². The number of fused-ring (bicyclic) bond motifs is 5. The fourth-order valence-corrected chi connectivity index (χ4v) is 4.37. The lowest BCUT2D eigenvalue weighted by atomic mass is 9.95. The maximum atomic E-state index is 13.3. The topological polar surface area (TPSA) is 66.6 Å². The van der Waals surface area contributed by atoms with Crippen LogP contribution in [-0.4, -0.2) is 55.8 Å². The standard InChI is InChI=1S/C20H22N6O/c1-14-3-2-4-18-23-17(13-25(14)18)20(27)26-11-15-5-6-16(26)12-24(10-15)19-9-21-7-8-22-19/h2-4,7-9,13,15-16H,5-6,10-12H2,1H3/t15-,16+/m0/s1. The van der Waals surface area contributed by atoms with Gasteiger partial charge in [-0.1, -0.05) is 6.07 Å². The molecule has 1 amide bonds. The highest BCUT2D eigenvalue weighted by Crippen LogP contribution is 2.30. The van der Waals surface area contributed by atoms with E-state index in [4.69, 9.17) is 0 Å². The number of piperidine rings is 1. The minimum absolute atomic E-state index is 0.0359. The zero-order valence-corrected chi connectivity index (χ0v) is 15.3. The van der Waals surface area contributed by atoms with E-state index in [0.717, 1.165) is 49.6 Å². The Morgan fingerprint density at radius 1 is 1.15 bits per heavy atom. The van der Waals surface area contributed by atoms with Gasteiger partial charge >= 0.3 is 0 Å². The fourth-order valence-electron chi connectivity index (χ4n) is 4.37. The van der Waals surface area contributed by atoms with Crippen molar-refractivity contribution >= 4 is 17.4 Å². The number of rotatable bonds is 2. The molecule has 2 atom stereocenters. The first-order valence-corrected chi connectivity index (χ1v) is 9.45. The normalized spacial score (nSPS) is 22.3. The maximum Gasteiger partial charge on any atom is 0.274 e. The Hall–Kier alpha value is -2.96. The van der Waals surface area contributed by atoms with Crippen molar-refractivity contribution in [2.24, 2.45) is 5.92 Å². The molecule has 27 heavy (non-hydrogen) atoms. The Labute approximate surface area is 157 Å². The van der Waals surface area contributed by atoms with Crippen LogP contribution in [0.1, 0.15) is 29.0 Å². The summed E-state index contributed by atoms with van der Waals surface area (Å²) < 4.78 is 1.98. The number of anilines is 1. The van der Waals surface area contributed by atoms with E-state index < -0.39 is 0 Å². The van der Waals surface area contributed by atoms with Crippen molar-refractivity contribution in [3.05, 3.63) is 54.4 Å². The quantitative estimate of drug-likeness (QED) is 0.699. The summed E-state index contributed by atoms with van der Waals surface area (Å²) in [5.74, 6) is 1.38. The molecule has 6 rings (SSSR count). The van der Waals surface area contributed by atoms with Gasteiger partial charge < -0.3 is 14.2 Å². The average molecular weight is 362 g/mol. The van der Waals surface area contributed by atoms with Gasteiger partial charge in [-0.15, -0.1) is 0 Å². The van der Waals surface area contributed by atoms with Crippen LogP contribution in [0.15, 0.2) is 43.0 Å². The summed E-state index contributed by atoms with van der Waals surface area (Å²) in [7, 11) is 0. The minimum Gasteiger partial charge on any atom is -0.353 e. The number of carbonyl (C=O) groups excluding carboxylic acids is 1. The predicted octanol–water partition coefficient (Wildman–Crippen LogP) is 2.17. The number of carbonyl (C=O) groups is 1. The van der Waals surface area contributed by atoms with Crippen molar-refractivity contribution < 1.29 is 4.79 Å². The molecule has 3 fully saturated rings. The van der Waals surface area contributed by atoms with E-state index in [2.05, 4.69) is 19.9 Å². The van der Waals surface area contributed by atoms with Gasteiger partial charge in [0, 0.05) is 50.0 Å². The van der Waals surface area contributed by atoms with Crippen LogP contribution < -0.4 is 4.90 Å². The SMILES string of the molecule is Cc1cccc2nc(C(=O)N3C[C@H]4CC[C@@H]3CN(c3cnccn3)C4)cn12. The number of aryl methyl sites for hydroxylation is 1. The number of hydrogen-bond acceptors (Lipinski definition) is 5. The summed E-state index contributed by atoms with van der Waals surface area (Å²) in [6, 6.07) is 6.12. The zero-order valence-electron chi connectivity index (χ0n) is 15.3. The van der Waals surface area contributed by atoms with E-state index in [9.17, 15) is 4.79 Å². The molecule has 3 aromatic rings. The lowest BCUT2D eigenvalue weighted by molar-refractivity contribution is 0.0586. The van der Waals surface area contributed by atoms with E-state index in [0.29, 0.717) is 11.6 Å². The van der Waals surface area contributed by atoms with Crippen LogP contribution in [0.25, 0.3) is 5.65 Å². The van der Waals surface area contributed by atoms with Crippen LogP contribution in [0.4, 0.5) is 5.82 Å². The fraction of sp³-hybridized carbons (Fsp3) is 0.400. The predicted molar refractivity (Wildman–Crippen MR) is 102 cm³/mol. The Morgan fingerprint density at radius 2 is 2.07 bits per heavy atom. The molecule has 0 saturated carbocycles. The van der Waals surface area contributed by atoms with Gasteiger partial charge in [-0.2, -0.15) is 0 Å². The first-order valence-electron chi connectivity index (χ1n) is 9.45. The van der Waals surface area contributed by atoms with Gasteiger partial charge in [-0.3, -0.25) is 9.78 Å². The molecule has 3 saturated heterocycles. The Morgan fingerprint density at radius 3 is 2.89 bits per heavy atom. The summed E-state index contributed by atoms with van der Waals surface area (Å²) >= 11 is 0. The molecule has 0 spiro atoms. The average Bonchev–Trinajstić information content (AvgIpc) is 2.93. The van der Waals surface area contributed by atoms with E-state index in [1.54, 1.807) is 12.4 Å². The lowest BCUT2D eigenvalue weighted by Gasteiger charge is -2.35. The molecule has 0 N–H and O–H groups in total. The highest BCUT2D eigenvalue weighted by molar-refractivity contribution is 5.93. The lowest BCUT2D eigenvalue weighted by Crippen LogP contribution is -2.47. The first-order chi connectivity index (χ1) is 13.2. The van der Waals surface area contributed by atoms with E-state index in [1.807, 2.05) is 46.8 Å². The molecule has 6 heterocycles. The second-order valence-corrected chi connectivity index (χ2v) is 7.54. The van der Waals surface area contributed by atoms with E-state index in [-0.39, 0.29) is 11.9 Å². The van der Waals surface area contributed by atoms with Crippen molar-refractivity contribution in [2.75, 3.05) is 24.5 Å². The van der Waals surface area contributed by atoms with Crippen LogP contribution in [0, 0.1) is 12.8 Å². The van der Waals surface area contributed by atoms with Crippen LogP contribution in [0.2, 0.25) is 0 Å². The van der Waals surface area contributed by atoms with Crippen LogP contribution in [0.3, 0.4) is 0 Å². The van der Waals surface area contributed by atoms with Gasteiger partial charge in [0.05, 0.1) is 6.20 Å². The molecule has 138 valence electrons. The van der Waals surface area contributed by atoms with E-state index >= 15 is 0 Å². The van der Waals surface area contributed by atoms with Gasteiger partial charge in [0.1, 0.15) is 17.2 Å². The second-order valence-electron chi connectivity index (χ2n) is 7.54. The molecule has 3 aliphatic rings. The largest absolute Gasteiger partial charge is 0.353 e. The minimum atomic E-state index is 0.0359. The number of nitrogens with zero attached hydrogens (tertiary/aromatic N) is 6. The van der Waals surface area contributed by atoms with Gasteiger partial charge in [0.2, 0.25) is 0 Å². The molecule has 7 heteroatoms. The highest BCUT2D eigenvalue weighted by Gasteiger charge is 2.38. The Bertz CT molecular complexity index is 985. The third kappa shape index (κ3) is 2.83. The maximum absolute atomic E-state index is 13.3. The molecular formula is C20H22N6O. The first kappa shape index (κ1) is 16.2. The third-order valence-corrected chi connectivity index (χ3v) is 5.76. The second kappa shape index (κ2) is 6.33. The summed E-state index contributed by atoms with van der Waals surface area (Å²) in [6.45, 7) is 4.53.